The highest BCUT2D eigenvalue weighted by atomic mass is 16.5. The fraction of sp³-hybridized carbons (Fsp3) is 0.238. The van der Waals surface area contributed by atoms with Crippen molar-refractivity contribution in [2.75, 3.05) is 19.7 Å². The summed E-state index contributed by atoms with van der Waals surface area (Å²) in [5.41, 5.74) is 2.91. The molecule has 26 heavy (non-hydrogen) atoms. The zero-order valence-electron chi connectivity index (χ0n) is 14.2. The van der Waals surface area contributed by atoms with Crippen molar-refractivity contribution in [1.29, 1.82) is 0 Å². The van der Waals surface area contributed by atoms with E-state index in [1.165, 1.54) is 12.0 Å². The Morgan fingerprint density at radius 2 is 1.88 bits per heavy atom. The van der Waals surface area contributed by atoms with Gasteiger partial charge in [0.25, 0.3) is 5.91 Å². The second-order valence-electron chi connectivity index (χ2n) is 7.18. The summed E-state index contributed by atoms with van der Waals surface area (Å²) in [5.74, 6) is 1.74. The number of carbonyl (C=O) groups excluding carboxylic acids is 1. The summed E-state index contributed by atoms with van der Waals surface area (Å²) in [6.45, 7) is 2.16. The summed E-state index contributed by atoms with van der Waals surface area (Å²) in [6.07, 6.45) is 4.03. The standard InChI is InChI=1S/C21H18N2O3/c24-20(16-7-5-15(6-8-16)19-10-22-14-26-19)23-11-21(12-23)9-17-3-1-2-4-18(17)25-13-21/h1-8,10,14H,9,11-13H2. The molecule has 3 heterocycles. The highest BCUT2D eigenvalue weighted by Crippen LogP contribution is 2.41. The molecule has 3 aromatic rings. The predicted octanol–water partition coefficient (Wildman–Crippen LogP) is 3.42. The summed E-state index contributed by atoms with van der Waals surface area (Å²) >= 11 is 0. The maximum absolute atomic E-state index is 12.7. The SMILES string of the molecule is O=C(c1ccc(-c2cnco2)cc1)N1CC2(COc3ccccc3C2)C1. The smallest absolute Gasteiger partial charge is 0.253 e. The lowest BCUT2D eigenvalue weighted by Gasteiger charge is -2.51. The molecule has 1 aromatic heterocycles. The van der Waals surface area contributed by atoms with Gasteiger partial charge >= 0.3 is 0 Å². The second kappa shape index (κ2) is 5.73. The minimum absolute atomic E-state index is 0.0593. The number of fused-ring (bicyclic) bond motifs is 1. The Hall–Kier alpha value is -3.08. The van der Waals surface area contributed by atoms with Gasteiger partial charge in [-0.05, 0) is 30.2 Å². The molecule has 0 unspecified atom stereocenters. The van der Waals surface area contributed by atoms with Gasteiger partial charge in [0, 0.05) is 29.6 Å². The van der Waals surface area contributed by atoms with Gasteiger partial charge in [0.2, 0.25) is 0 Å². The summed E-state index contributed by atoms with van der Waals surface area (Å²) in [7, 11) is 0. The number of para-hydroxylation sites is 1. The van der Waals surface area contributed by atoms with Crippen molar-refractivity contribution in [2.45, 2.75) is 6.42 Å². The fourth-order valence-electron chi connectivity index (χ4n) is 3.90. The first kappa shape index (κ1) is 15.2. The van der Waals surface area contributed by atoms with Crippen LogP contribution in [0.5, 0.6) is 5.75 Å². The molecular weight excluding hydrogens is 328 g/mol. The van der Waals surface area contributed by atoms with Gasteiger partial charge in [-0.3, -0.25) is 4.79 Å². The van der Waals surface area contributed by atoms with E-state index in [0.717, 1.165) is 30.8 Å². The lowest BCUT2D eigenvalue weighted by atomic mass is 9.73. The van der Waals surface area contributed by atoms with Crippen LogP contribution in [0.25, 0.3) is 11.3 Å². The quantitative estimate of drug-likeness (QED) is 0.713. The lowest BCUT2D eigenvalue weighted by molar-refractivity contribution is -0.0290. The first-order valence-electron chi connectivity index (χ1n) is 8.71. The first-order chi connectivity index (χ1) is 12.7. The van der Waals surface area contributed by atoms with Crippen LogP contribution in [-0.2, 0) is 6.42 Å². The van der Waals surface area contributed by atoms with Crippen LogP contribution in [0.15, 0.2) is 65.5 Å². The van der Waals surface area contributed by atoms with Crippen molar-refractivity contribution in [3.63, 3.8) is 0 Å². The normalized spacial score (nSPS) is 17.3. The molecular formula is C21H18N2O3. The minimum Gasteiger partial charge on any atom is -0.493 e. The topological polar surface area (TPSA) is 55.6 Å². The zero-order valence-corrected chi connectivity index (χ0v) is 14.2. The van der Waals surface area contributed by atoms with E-state index in [9.17, 15) is 4.79 Å². The molecule has 0 bridgehead atoms. The van der Waals surface area contributed by atoms with Crippen LogP contribution in [0.1, 0.15) is 15.9 Å². The molecule has 2 aromatic carbocycles. The number of likely N-dealkylation sites (tertiary alicyclic amines) is 1. The summed E-state index contributed by atoms with van der Waals surface area (Å²) < 4.78 is 11.2. The Bertz CT molecular complexity index is 942. The second-order valence-corrected chi connectivity index (χ2v) is 7.18. The molecule has 2 aliphatic heterocycles. The van der Waals surface area contributed by atoms with Crippen LogP contribution in [0.3, 0.4) is 0 Å². The van der Waals surface area contributed by atoms with Crippen molar-refractivity contribution in [3.8, 4) is 17.1 Å². The Morgan fingerprint density at radius 1 is 1.08 bits per heavy atom. The van der Waals surface area contributed by atoms with Crippen LogP contribution in [-0.4, -0.2) is 35.5 Å². The number of ether oxygens (including phenoxy) is 1. The molecule has 1 amide bonds. The van der Waals surface area contributed by atoms with Crippen LogP contribution < -0.4 is 4.74 Å². The van der Waals surface area contributed by atoms with Crippen molar-refractivity contribution >= 4 is 5.91 Å². The number of hydrogen-bond acceptors (Lipinski definition) is 4. The number of oxazole rings is 1. The summed E-state index contributed by atoms with van der Waals surface area (Å²) in [6, 6.07) is 15.6. The molecule has 1 spiro atoms. The third kappa shape index (κ3) is 2.47. The van der Waals surface area contributed by atoms with Crippen molar-refractivity contribution in [3.05, 3.63) is 72.2 Å². The van der Waals surface area contributed by atoms with E-state index >= 15 is 0 Å². The van der Waals surface area contributed by atoms with E-state index in [4.69, 9.17) is 9.15 Å². The third-order valence-electron chi connectivity index (χ3n) is 5.26. The van der Waals surface area contributed by atoms with Gasteiger partial charge in [-0.2, -0.15) is 0 Å². The molecule has 2 aliphatic rings. The number of aromatic nitrogens is 1. The van der Waals surface area contributed by atoms with E-state index in [2.05, 4.69) is 11.1 Å². The molecule has 0 aliphatic carbocycles. The molecule has 5 rings (SSSR count). The molecule has 0 atom stereocenters. The first-order valence-corrected chi connectivity index (χ1v) is 8.71. The zero-order chi connectivity index (χ0) is 17.6. The molecule has 0 radical (unpaired) electrons. The Balaban J connectivity index is 1.27. The predicted molar refractivity (Wildman–Crippen MR) is 95.9 cm³/mol. The highest BCUT2D eigenvalue weighted by molar-refractivity contribution is 5.95. The van der Waals surface area contributed by atoms with Crippen LogP contribution >= 0.6 is 0 Å². The number of rotatable bonds is 2. The average molecular weight is 346 g/mol. The van der Waals surface area contributed by atoms with E-state index in [0.29, 0.717) is 17.9 Å². The van der Waals surface area contributed by atoms with E-state index in [1.54, 1.807) is 6.20 Å². The van der Waals surface area contributed by atoms with Crippen LogP contribution in [0.4, 0.5) is 0 Å². The maximum Gasteiger partial charge on any atom is 0.253 e. The molecule has 5 heteroatoms. The van der Waals surface area contributed by atoms with Crippen molar-refractivity contribution in [1.82, 2.24) is 9.88 Å². The molecule has 5 nitrogen and oxygen atoms in total. The Kier molecular flexibility index (Phi) is 3.35. The van der Waals surface area contributed by atoms with Gasteiger partial charge in [0.05, 0.1) is 12.8 Å². The monoisotopic (exact) mass is 346 g/mol. The molecule has 1 fully saturated rings. The largest absolute Gasteiger partial charge is 0.493 e. The minimum atomic E-state index is 0.0593. The number of hydrogen-bond donors (Lipinski definition) is 0. The van der Waals surface area contributed by atoms with Gasteiger partial charge in [-0.15, -0.1) is 0 Å². The number of benzene rings is 2. The number of nitrogens with zero attached hydrogens (tertiary/aromatic N) is 2. The Labute approximate surface area is 151 Å². The van der Waals surface area contributed by atoms with Crippen LogP contribution in [0.2, 0.25) is 0 Å². The molecule has 0 saturated carbocycles. The molecule has 130 valence electrons. The van der Waals surface area contributed by atoms with Gasteiger partial charge < -0.3 is 14.1 Å². The van der Waals surface area contributed by atoms with Gasteiger partial charge in [-0.1, -0.05) is 30.3 Å². The van der Waals surface area contributed by atoms with E-state index in [1.807, 2.05) is 47.4 Å². The molecule has 0 N–H and O–H groups in total. The van der Waals surface area contributed by atoms with Gasteiger partial charge in [-0.25, -0.2) is 4.98 Å². The van der Waals surface area contributed by atoms with Crippen molar-refractivity contribution < 1.29 is 13.9 Å². The highest BCUT2D eigenvalue weighted by Gasteiger charge is 2.48. The maximum atomic E-state index is 12.7. The van der Waals surface area contributed by atoms with Crippen molar-refractivity contribution in [2.24, 2.45) is 5.41 Å². The summed E-state index contributed by atoms with van der Waals surface area (Å²) in [5, 5.41) is 0. The Morgan fingerprint density at radius 3 is 2.65 bits per heavy atom. The van der Waals surface area contributed by atoms with Gasteiger partial charge in [0.15, 0.2) is 12.2 Å². The number of amides is 1. The fourth-order valence-corrected chi connectivity index (χ4v) is 3.90. The van der Waals surface area contributed by atoms with E-state index in [-0.39, 0.29) is 11.3 Å². The number of carbonyl (C=O) groups is 1. The average Bonchev–Trinajstić information content (AvgIpc) is 3.20. The lowest BCUT2D eigenvalue weighted by Crippen LogP contribution is -2.62. The van der Waals surface area contributed by atoms with E-state index < -0.39 is 0 Å². The third-order valence-corrected chi connectivity index (χ3v) is 5.26. The molecule has 1 saturated heterocycles. The summed E-state index contributed by atoms with van der Waals surface area (Å²) in [4.78, 5) is 18.6. The van der Waals surface area contributed by atoms with Gasteiger partial charge in [0.1, 0.15) is 5.75 Å². The van der Waals surface area contributed by atoms with Crippen LogP contribution in [0, 0.1) is 5.41 Å².